The summed E-state index contributed by atoms with van der Waals surface area (Å²) in [6, 6.07) is 11.9. The molecule has 2 N–H and O–H groups in total. The van der Waals surface area contributed by atoms with Crippen LogP contribution in [0.2, 0.25) is 10.0 Å². The van der Waals surface area contributed by atoms with Crippen LogP contribution in [0, 0.1) is 0 Å². The van der Waals surface area contributed by atoms with Crippen LogP contribution in [-0.2, 0) is 9.59 Å². The highest BCUT2D eigenvalue weighted by molar-refractivity contribution is 6.43. The van der Waals surface area contributed by atoms with Crippen molar-refractivity contribution in [2.45, 2.75) is 6.42 Å². The number of benzene rings is 2. The number of rotatable bonds is 6. The van der Waals surface area contributed by atoms with Crippen LogP contribution in [0.25, 0.3) is 0 Å². The van der Waals surface area contributed by atoms with E-state index in [9.17, 15) is 9.59 Å². The maximum atomic E-state index is 11.9. The molecule has 2 rings (SSSR count). The normalized spacial score (nSPS) is 10.5. The molecule has 0 atom stereocenters. The quantitative estimate of drug-likeness (QED) is 0.458. The van der Waals surface area contributed by atoms with Crippen molar-refractivity contribution in [3.63, 3.8) is 0 Å². The molecule has 0 spiro atoms. The molecule has 8 heteroatoms. The fourth-order valence-corrected chi connectivity index (χ4v) is 2.28. The summed E-state index contributed by atoms with van der Waals surface area (Å²) >= 11 is 11.9. The zero-order valence-electron chi connectivity index (χ0n) is 13.3. The van der Waals surface area contributed by atoms with E-state index in [1.807, 2.05) is 0 Å². The minimum absolute atomic E-state index is 0.330. The Morgan fingerprint density at radius 3 is 2.64 bits per heavy atom. The van der Waals surface area contributed by atoms with E-state index >= 15 is 0 Å². The van der Waals surface area contributed by atoms with Gasteiger partial charge in [0.05, 0.1) is 29.1 Å². The van der Waals surface area contributed by atoms with Crippen LogP contribution in [0.3, 0.4) is 0 Å². The number of nitrogens with one attached hydrogen (secondary N) is 2. The minimum atomic E-state index is -0.568. The van der Waals surface area contributed by atoms with Crippen molar-refractivity contribution in [2.24, 2.45) is 5.10 Å². The van der Waals surface area contributed by atoms with Gasteiger partial charge in [-0.25, -0.2) is 5.43 Å². The Kier molecular flexibility index (Phi) is 6.80. The van der Waals surface area contributed by atoms with Gasteiger partial charge < -0.3 is 10.1 Å². The van der Waals surface area contributed by atoms with E-state index in [-0.39, 0.29) is 0 Å². The van der Waals surface area contributed by atoms with Gasteiger partial charge >= 0.3 is 0 Å². The van der Waals surface area contributed by atoms with E-state index in [0.29, 0.717) is 27.0 Å². The van der Waals surface area contributed by atoms with Crippen molar-refractivity contribution in [3.8, 4) is 5.75 Å². The molecule has 0 saturated heterocycles. The Morgan fingerprint density at radius 1 is 1.12 bits per heavy atom. The highest BCUT2D eigenvalue weighted by Crippen LogP contribution is 2.24. The van der Waals surface area contributed by atoms with Gasteiger partial charge in [-0.2, -0.15) is 5.10 Å². The monoisotopic (exact) mass is 379 g/mol. The first kappa shape index (κ1) is 18.8. The van der Waals surface area contributed by atoms with Crippen LogP contribution in [0.4, 0.5) is 5.69 Å². The topological polar surface area (TPSA) is 79.8 Å². The molecule has 0 radical (unpaired) electrons. The summed E-state index contributed by atoms with van der Waals surface area (Å²) in [7, 11) is 1.49. The first-order chi connectivity index (χ1) is 12.0. The summed E-state index contributed by atoms with van der Waals surface area (Å²) in [5.41, 5.74) is 3.29. The predicted octanol–water partition coefficient (Wildman–Crippen LogP) is 3.48. The molecule has 0 heterocycles. The number of para-hydroxylation sites is 2. The van der Waals surface area contributed by atoms with Gasteiger partial charge in [0.15, 0.2) is 0 Å². The van der Waals surface area contributed by atoms with Gasteiger partial charge in [-0.3, -0.25) is 9.59 Å². The maximum absolute atomic E-state index is 11.9. The molecule has 6 nitrogen and oxygen atoms in total. The number of hydrazone groups is 1. The van der Waals surface area contributed by atoms with Gasteiger partial charge in [0.2, 0.25) is 11.8 Å². The van der Waals surface area contributed by atoms with Crippen molar-refractivity contribution in [1.29, 1.82) is 0 Å². The zero-order chi connectivity index (χ0) is 18.2. The van der Waals surface area contributed by atoms with E-state index in [0.717, 1.165) is 0 Å². The number of carbonyl (C=O) groups excluding carboxylic acids is 2. The molecule has 2 amide bonds. The number of hydrogen-bond donors (Lipinski definition) is 2. The molecule has 0 bridgehead atoms. The minimum Gasteiger partial charge on any atom is -0.495 e. The zero-order valence-corrected chi connectivity index (χ0v) is 14.8. The van der Waals surface area contributed by atoms with Crippen molar-refractivity contribution in [3.05, 3.63) is 58.1 Å². The third-order valence-corrected chi connectivity index (χ3v) is 3.91. The Balaban J connectivity index is 1.88. The first-order valence-electron chi connectivity index (χ1n) is 7.20. The fourth-order valence-electron chi connectivity index (χ4n) is 1.92. The lowest BCUT2D eigenvalue weighted by Crippen LogP contribution is -2.24. The number of ether oxygens (including phenoxy) is 1. The molecule has 130 valence electrons. The molecular formula is C17H15Cl2N3O3. The predicted molar refractivity (Wildman–Crippen MR) is 98.4 cm³/mol. The lowest BCUT2D eigenvalue weighted by Gasteiger charge is -2.09. The van der Waals surface area contributed by atoms with Crippen LogP contribution >= 0.6 is 23.2 Å². The van der Waals surface area contributed by atoms with Gasteiger partial charge in [-0.15, -0.1) is 0 Å². The second-order valence-electron chi connectivity index (χ2n) is 4.86. The van der Waals surface area contributed by atoms with Crippen LogP contribution < -0.4 is 15.5 Å². The number of amides is 2. The first-order valence-corrected chi connectivity index (χ1v) is 7.95. The Bertz CT molecular complexity index is 809. The standard InChI is InChI=1S/C17H15Cl2N3O3/c1-25-14-8-3-2-7-13(14)21-15(23)9-16(24)22-20-10-11-5-4-6-12(18)17(11)19/h2-8,10H,9H2,1H3,(H,21,23)(H,22,24). The van der Waals surface area contributed by atoms with Crippen molar-refractivity contribution in [1.82, 2.24) is 5.43 Å². The molecule has 0 fully saturated rings. The molecule has 0 aliphatic carbocycles. The summed E-state index contributed by atoms with van der Waals surface area (Å²) in [5, 5.41) is 7.08. The lowest BCUT2D eigenvalue weighted by molar-refractivity contribution is -0.126. The smallest absolute Gasteiger partial charge is 0.249 e. The highest BCUT2D eigenvalue weighted by atomic mass is 35.5. The van der Waals surface area contributed by atoms with E-state index in [2.05, 4.69) is 15.8 Å². The third kappa shape index (κ3) is 5.48. The molecular weight excluding hydrogens is 365 g/mol. The summed E-state index contributed by atoms with van der Waals surface area (Å²) in [4.78, 5) is 23.7. The summed E-state index contributed by atoms with van der Waals surface area (Å²) in [6.07, 6.45) is 0.961. The van der Waals surface area contributed by atoms with Crippen LogP contribution in [0.5, 0.6) is 5.75 Å². The molecule has 0 saturated carbocycles. The van der Waals surface area contributed by atoms with E-state index in [4.69, 9.17) is 27.9 Å². The summed E-state index contributed by atoms with van der Waals surface area (Å²) in [5.74, 6) is -0.551. The van der Waals surface area contributed by atoms with Crippen LogP contribution in [0.15, 0.2) is 47.6 Å². The van der Waals surface area contributed by atoms with E-state index < -0.39 is 18.2 Å². The second-order valence-corrected chi connectivity index (χ2v) is 5.65. The van der Waals surface area contributed by atoms with Crippen molar-refractivity contribution >= 4 is 46.9 Å². The third-order valence-electron chi connectivity index (χ3n) is 3.08. The van der Waals surface area contributed by atoms with E-state index in [1.54, 1.807) is 42.5 Å². The largest absolute Gasteiger partial charge is 0.495 e. The molecule has 0 aliphatic heterocycles. The van der Waals surface area contributed by atoms with Gasteiger partial charge in [0, 0.05) is 5.56 Å². The number of halogens is 2. The lowest BCUT2D eigenvalue weighted by atomic mass is 10.2. The van der Waals surface area contributed by atoms with Crippen molar-refractivity contribution in [2.75, 3.05) is 12.4 Å². The fraction of sp³-hybridized carbons (Fsp3) is 0.118. The SMILES string of the molecule is COc1ccccc1NC(=O)CC(=O)NN=Cc1cccc(Cl)c1Cl. The summed E-state index contributed by atoms with van der Waals surface area (Å²) in [6.45, 7) is 0. The van der Waals surface area contributed by atoms with Crippen molar-refractivity contribution < 1.29 is 14.3 Å². The molecule has 2 aromatic rings. The molecule has 2 aromatic carbocycles. The van der Waals surface area contributed by atoms with E-state index in [1.165, 1.54) is 13.3 Å². The van der Waals surface area contributed by atoms with Crippen LogP contribution in [-0.4, -0.2) is 25.1 Å². The molecule has 0 unspecified atom stereocenters. The average molecular weight is 380 g/mol. The maximum Gasteiger partial charge on any atom is 0.249 e. The number of hydrogen-bond acceptors (Lipinski definition) is 4. The molecule has 25 heavy (non-hydrogen) atoms. The molecule has 0 aliphatic rings. The van der Waals surface area contributed by atoms with Crippen LogP contribution in [0.1, 0.15) is 12.0 Å². The summed E-state index contributed by atoms with van der Waals surface area (Å²) < 4.78 is 5.12. The number of carbonyl (C=O) groups is 2. The average Bonchev–Trinajstić information content (AvgIpc) is 2.59. The molecule has 0 aromatic heterocycles. The van der Waals surface area contributed by atoms with Gasteiger partial charge in [0.1, 0.15) is 12.2 Å². The number of methoxy groups -OCH3 is 1. The van der Waals surface area contributed by atoms with Gasteiger partial charge in [0.25, 0.3) is 0 Å². The van der Waals surface area contributed by atoms with Gasteiger partial charge in [-0.1, -0.05) is 47.5 Å². The number of anilines is 1. The number of nitrogens with zero attached hydrogens (tertiary/aromatic N) is 1. The Labute approximate surface area is 154 Å². The Morgan fingerprint density at radius 2 is 1.88 bits per heavy atom. The highest BCUT2D eigenvalue weighted by Gasteiger charge is 2.11. The van der Waals surface area contributed by atoms with Gasteiger partial charge in [-0.05, 0) is 18.2 Å². The Hall–Kier alpha value is -2.57. The second kappa shape index (κ2) is 9.05.